The van der Waals surface area contributed by atoms with E-state index in [0.717, 1.165) is 11.1 Å². The summed E-state index contributed by atoms with van der Waals surface area (Å²) >= 11 is 0. The second-order valence-corrected chi connectivity index (χ2v) is 4.92. The quantitative estimate of drug-likeness (QED) is 0.791. The van der Waals surface area contributed by atoms with Crippen LogP contribution in [0.25, 0.3) is 11.6 Å². The second-order valence-electron chi connectivity index (χ2n) is 4.92. The molecule has 2 aromatic heterocycles. The minimum absolute atomic E-state index is 0.356. The lowest BCUT2D eigenvalue weighted by Gasteiger charge is -2.19. The van der Waals surface area contributed by atoms with Gasteiger partial charge in [-0.05, 0) is 31.0 Å². The molecule has 0 radical (unpaired) electrons. The number of furan rings is 1. The molecule has 5 heteroatoms. The Morgan fingerprint density at radius 2 is 1.90 bits per heavy atom. The van der Waals surface area contributed by atoms with Crippen LogP contribution in [0, 0.1) is 6.92 Å². The molecule has 3 aromatic rings. The van der Waals surface area contributed by atoms with Crippen LogP contribution in [0.5, 0.6) is 0 Å². The van der Waals surface area contributed by atoms with Gasteiger partial charge in [-0.1, -0.05) is 35.5 Å². The molecule has 2 N–H and O–H groups in total. The highest BCUT2D eigenvalue weighted by molar-refractivity contribution is 5.51. The van der Waals surface area contributed by atoms with E-state index in [2.05, 4.69) is 10.1 Å². The predicted molar refractivity (Wildman–Crippen MR) is 73.8 cm³/mol. The van der Waals surface area contributed by atoms with Crippen molar-refractivity contribution < 1.29 is 8.94 Å². The average Bonchev–Trinajstić information content (AvgIpc) is 3.08. The highest BCUT2D eigenvalue weighted by Crippen LogP contribution is 2.28. The minimum Gasteiger partial charge on any atom is -0.461 e. The summed E-state index contributed by atoms with van der Waals surface area (Å²) < 4.78 is 10.7. The van der Waals surface area contributed by atoms with Gasteiger partial charge < -0.3 is 14.7 Å². The summed E-state index contributed by atoms with van der Waals surface area (Å²) in [5, 5.41) is 3.95. The number of hydrogen-bond acceptors (Lipinski definition) is 5. The van der Waals surface area contributed by atoms with Gasteiger partial charge in [0.25, 0.3) is 5.89 Å². The average molecular weight is 269 g/mol. The van der Waals surface area contributed by atoms with Crippen molar-refractivity contribution in [2.24, 2.45) is 5.73 Å². The van der Waals surface area contributed by atoms with Crippen LogP contribution in [0.2, 0.25) is 0 Å². The van der Waals surface area contributed by atoms with Gasteiger partial charge in [-0.3, -0.25) is 0 Å². The lowest BCUT2D eigenvalue weighted by Crippen LogP contribution is -2.34. The van der Waals surface area contributed by atoms with Crippen molar-refractivity contribution in [2.45, 2.75) is 19.4 Å². The van der Waals surface area contributed by atoms with E-state index in [4.69, 9.17) is 14.7 Å². The molecule has 5 nitrogen and oxygen atoms in total. The van der Waals surface area contributed by atoms with Crippen LogP contribution in [0.3, 0.4) is 0 Å². The molecule has 0 spiro atoms. The molecule has 102 valence electrons. The fraction of sp³-hybridized carbons (Fsp3) is 0.200. The van der Waals surface area contributed by atoms with E-state index in [9.17, 15) is 0 Å². The van der Waals surface area contributed by atoms with Crippen LogP contribution in [0.4, 0.5) is 0 Å². The van der Waals surface area contributed by atoms with E-state index >= 15 is 0 Å². The van der Waals surface area contributed by atoms with Gasteiger partial charge in [0.1, 0.15) is 5.54 Å². The van der Waals surface area contributed by atoms with Crippen molar-refractivity contribution in [1.29, 1.82) is 0 Å². The molecule has 2 heterocycles. The zero-order chi connectivity index (χ0) is 14.2. The van der Waals surface area contributed by atoms with Crippen LogP contribution >= 0.6 is 0 Å². The summed E-state index contributed by atoms with van der Waals surface area (Å²) in [4.78, 5) is 4.37. The van der Waals surface area contributed by atoms with Crippen LogP contribution < -0.4 is 5.73 Å². The summed E-state index contributed by atoms with van der Waals surface area (Å²) in [6, 6.07) is 11.5. The van der Waals surface area contributed by atoms with E-state index in [1.54, 1.807) is 6.26 Å². The highest BCUT2D eigenvalue weighted by atomic mass is 16.5. The molecule has 0 fully saturated rings. The zero-order valence-corrected chi connectivity index (χ0v) is 11.3. The van der Waals surface area contributed by atoms with Gasteiger partial charge >= 0.3 is 0 Å². The molecule has 1 unspecified atom stereocenters. The maximum atomic E-state index is 6.34. The molecule has 0 amide bonds. The first-order valence-electron chi connectivity index (χ1n) is 6.32. The standard InChI is InChI=1S/C15H15N3O2/c1-10-8-9-19-12(10)13-17-14(20-18-13)15(2,16)11-6-4-3-5-7-11/h3-9H,16H2,1-2H3. The molecule has 0 saturated carbocycles. The molecular formula is C15H15N3O2. The third-order valence-corrected chi connectivity index (χ3v) is 3.31. The molecule has 0 aliphatic carbocycles. The van der Waals surface area contributed by atoms with E-state index < -0.39 is 5.54 Å². The van der Waals surface area contributed by atoms with Crippen molar-refractivity contribution in [1.82, 2.24) is 10.1 Å². The molecule has 3 rings (SSSR count). The van der Waals surface area contributed by atoms with Gasteiger partial charge in [0, 0.05) is 0 Å². The third-order valence-electron chi connectivity index (χ3n) is 3.31. The Morgan fingerprint density at radius 3 is 2.55 bits per heavy atom. The number of nitrogens with two attached hydrogens (primary N) is 1. The zero-order valence-electron chi connectivity index (χ0n) is 11.3. The molecule has 1 atom stereocenters. The van der Waals surface area contributed by atoms with E-state index in [1.807, 2.05) is 50.2 Å². The Bertz CT molecular complexity index is 714. The smallest absolute Gasteiger partial charge is 0.251 e. The number of nitrogens with zero attached hydrogens (tertiary/aromatic N) is 2. The van der Waals surface area contributed by atoms with Crippen LogP contribution in [-0.4, -0.2) is 10.1 Å². The second kappa shape index (κ2) is 4.61. The Labute approximate surface area is 116 Å². The summed E-state index contributed by atoms with van der Waals surface area (Å²) in [5.41, 5.74) is 7.36. The number of aryl methyl sites for hydroxylation is 1. The van der Waals surface area contributed by atoms with Gasteiger partial charge in [0.05, 0.1) is 6.26 Å². The molecule has 0 saturated heterocycles. The van der Waals surface area contributed by atoms with E-state index in [1.165, 1.54) is 0 Å². The van der Waals surface area contributed by atoms with Crippen LogP contribution in [0.1, 0.15) is 23.9 Å². The summed E-state index contributed by atoms with van der Waals surface area (Å²) in [6.07, 6.45) is 1.60. The molecular weight excluding hydrogens is 254 g/mol. The van der Waals surface area contributed by atoms with Crippen molar-refractivity contribution in [2.75, 3.05) is 0 Å². The van der Waals surface area contributed by atoms with Crippen LogP contribution in [-0.2, 0) is 5.54 Å². The van der Waals surface area contributed by atoms with Gasteiger partial charge in [0.2, 0.25) is 5.82 Å². The number of hydrogen-bond donors (Lipinski definition) is 1. The van der Waals surface area contributed by atoms with Crippen molar-refractivity contribution in [3.8, 4) is 11.6 Å². The monoisotopic (exact) mass is 269 g/mol. The van der Waals surface area contributed by atoms with Gasteiger partial charge in [-0.15, -0.1) is 0 Å². The van der Waals surface area contributed by atoms with Crippen molar-refractivity contribution >= 4 is 0 Å². The minimum atomic E-state index is -0.840. The van der Waals surface area contributed by atoms with E-state index in [0.29, 0.717) is 17.5 Å². The Kier molecular flexibility index (Phi) is 2.91. The fourth-order valence-corrected chi connectivity index (χ4v) is 2.04. The first-order valence-corrected chi connectivity index (χ1v) is 6.32. The van der Waals surface area contributed by atoms with Gasteiger partial charge in [-0.2, -0.15) is 4.98 Å². The maximum absolute atomic E-state index is 6.34. The normalized spacial score (nSPS) is 14.2. The summed E-state index contributed by atoms with van der Waals surface area (Å²) in [5.74, 6) is 1.37. The van der Waals surface area contributed by atoms with Gasteiger partial charge in [-0.25, -0.2) is 0 Å². The Balaban J connectivity index is 2.00. The van der Waals surface area contributed by atoms with E-state index in [-0.39, 0.29) is 0 Å². The predicted octanol–water partition coefficient (Wildman–Crippen LogP) is 2.86. The topological polar surface area (TPSA) is 78.1 Å². The first kappa shape index (κ1) is 12.6. The third kappa shape index (κ3) is 2.02. The lowest BCUT2D eigenvalue weighted by atomic mass is 9.93. The van der Waals surface area contributed by atoms with Gasteiger partial charge in [0.15, 0.2) is 5.76 Å². The molecule has 1 aromatic carbocycles. The Hall–Kier alpha value is -2.40. The maximum Gasteiger partial charge on any atom is 0.251 e. The summed E-state index contributed by atoms with van der Waals surface area (Å²) in [7, 11) is 0. The van der Waals surface area contributed by atoms with Crippen molar-refractivity contribution in [3.05, 3.63) is 59.7 Å². The van der Waals surface area contributed by atoms with Crippen molar-refractivity contribution in [3.63, 3.8) is 0 Å². The lowest BCUT2D eigenvalue weighted by molar-refractivity contribution is 0.325. The SMILES string of the molecule is Cc1ccoc1-c1noc(C(C)(N)c2ccccc2)n1. The molecule has 0 bridgehead atoms. The molecule has 0 aliphatic rings. The number of aromatic nitrogens is 2. The largest absolute Gasteiger partial charge is 0.461 e. The summed E-state index contributed by atoms with van der Waals surface area (Å²) in [6.45, 7) is 3.77. The molecule has 20 heavy (non-hydrogen) atoms. The Morgan fingerprint density at radius 1 is 1.15 bits per heavy atom. The molecule has 0 aliphatic heterocycles. The first-order chi connectivity index (χ1) is 9.59. The van der Waals surface area contributed by atoms with Crippen LogP contribution in [0.15, 0.2) is 51.6 Å². The highest BCUT2D eigenvalue weighted by Gasteiger charge is 2.31. The number of rotatable bonds is 3. The fourth-order valence-electron chi connectivity index (χ4n) is 2.04. The number of benzene rings is 1.